The summed E-state index contributed by atoms with van der Waals surface area (Å²) in [5, 5.41) is 8.05. The summed E-state index contributed by atoms with van der Waals surface area (Å²) in [6, 6.07) is 1.67. The summed E-state index contributed by atoms with van der Waals surface area (Å²) in [5.41, 5.74) is 0. The number of nitriles is 1. The molecular formula is C5H10N2O3S. The standard InChI is InChI=1S/C5H10N2O3S/c1-10-4-5-11(8,9)7-3-2-6/h7H,3-5H2,1H3. The predicted molar refractivity (Wildman–Crippen MR) is 39.3 cm³/mol. The molecule has 1 N–H and O–H groups in total. The van der Waals surface area contributed by atoms with Crippen LogP contribution < -0.4 is 4.72 Å². The van der Waals surface area contributed by atoms with Crippen molar-refractivity contribution in [2.24, 2.45) is 0 Å². The lowest BCUT2D eigenvalue weighted by Crippen LogP contribution is -2.28. The Labute approximate surface area is 66.0 Å². The fourth-order valence-electron chi connectivity index (χ4n) is 0.407. The van der Waals surface area contributed by atoms with Gasteiger partial charge in [0, 0.05) is 7.11 Å². The summed E-state index contributed by atoms with van der Waals surface area (Å²) in [6.07, 6.45) is 0. The molecule has 0 unspecified atom stereocenters. The van der Waals surface area contributed by atoms with Crippen LogP contribution in [0.4, 0.5) is 0 Å². The second kappa shape index (κ2) is 5.07. The number of nitrogens with zero attached hydrogens (tertiary/aromatic N) is 1. The van der Waals surface area contributed by atoms with E-state index in [-0.39, 0.29) is 18.9 Å². The largest absolute Gasteiger partial charge is 0.384 e. The number of methoxy groups -OCH3 is 1. The molecule has 0 spiro atoms. The molecule has 0 aliphatic heterocycles. The van der Waals surface area contributed by atoms with E-state index in [2.05, 4.69) is 9.46 Å². The molecule has 0 aliphatic rings. The van der Waals surface area contributed by atoms with Crippen molar-refractivity contribution >= 4 is 10.0 Å². The number of hydrogen-bond donors (Lipinski definition) is 1. The van der Waals surface area contributed by atoms with Crippen LogP contribution >= 0.6 is 0 Å². The van der Waals surface area contributed by atoms with Crippen LogP contribution in [0.5, 0.6) is 0 Å². The molecule has 0 rings (SSSR count). The Bertz CT molecular complexity index is 229. The number of nitrogens with one attached hydrogen (secondary N) is 1. The second-order valence-electron chi connectivity index (χ2n) is 1.79. The van der Waals surface area contributed by atoms with Crippen LogP contribution in [0.1, 0.15) is 0 Å². The summed E-state index contributed by atoms with van der Waals surface area (Å²) in [7, 11) is -1.89. The average molecular weight is 178 g/mol. The zero-order valence-corrected chi connectivity index (χ0v) is 7.02. The van der Waals surface area contributed by atoms with Gasteiger partial charge in [0.15, 0.2) is 0 Å². The minimum absolute atomic E-state index is 0.106. The number of sulfonamides is 1. The van der Waals surface area contributed by atoms with Crippen LogP contribution in [-0.2, 0) is 14.8 Å². The average Bonchev–Trinajstić information content (AvgIpc) is 1.97. The number of ether oxygens (including phenoxy) is 1. The highest BCUT2D eigenvalue weighted by Crippen LogP contribution is 1.82. The van der Waals surface area contributed by atoms with Crippen molar-refractivity contribution in [2.45, 2.75) is 0 Å². The second-order valence-corrected chi connectivity index (χ2v) is 3.72. The van der Waals surface area contributed by atoms with E-state index in [9.17, 15) is 8.42 Å². The van der Waals surface area contributed by atoms with Gasteiger partial charge in [-0.3, -0.25) is 0 Å². The van der Waals surface area contributed by atoms with E-state index < -0.39 is 10.0 Å². The zero-order valence-electron chi connectivity index (χ0n) is 6.20. The smallest absolute Gasteiger partial charge is 0.214 e. The topological polar surface area (TPSA) is 79.2 Å². The molecule has 0 atom stereocenters. The van der Waals surface area contributed by atoms with Gasteiger partial charge in [-0.2, -0.15) is 5.26 Å². The van der Waals surface area contributed by atoms with Crippen LogP contribution in [0, 0.1) is 11.3 Å². The first kappa shape index (κ1) is 10.4. The SMILES string of the molecule is COCCS(=O)(=O)NCC#N. The lowest BCUT2D eigenvalue weighted by atomic mass is 10.8. The van der Waals surface area contributed by atoms with Gasteiger partial charge in [-0.1, -0.05) is 0 Å². The molecule has 0 heterocycles. The molecular weight excluding hydrogens is 168 g/mol. The lowest BCUT2D eigenvalue weighted by molar-refractivity contribution is 0.217. The van der Waals surface area contributed by atoms with Crippen molar-refractivity contribution in [1.82, 2.24) is 4.72 Å². The van der Waals surface area contributed by atoms with Crippen LogP contribution in [-0.4, -0.2) is 34.4 Å². The molecule has 0 aromatic rings. The quantitative estimate of drug-likeness (QED) is 0.552. The normalized spacial score (nSPS) is 10.9. The van der Waals surface area contributed by atoms with E-state index in [1.807, 2.05) is 0 Å². The maximum absolute atomic E-state index is 10.8. The molecule has 5 nitrogen and oxygen atoms in total. The van der Waals surface area contributed by atoms with Crippen LogP contribution in [0.25, 0.3) is 0 Å². The predicted octanol–water partition coefficient (Wildman–Crippen LogP) is -0.924. The number of hydrogen-bond acceptors (Lipinski definition) is 4. The van der Waals surface area contributed by atoms with Crippen molar-refractivity contribution in [1.29, 1.82) is 5.26 Å². The summed E-state index contributed by atoms with van der Waals surface area (Å²) in [5.74, 6) is -0.106. The van der Waals surface area contributed by atoms with Gasteiger partial charge in [0.05, 0.1) is 25.0 Å². The minimum atomic E-state index is -3.30. The van der Waals surface area contributed by atoms with Gasteiger partial charge in [0.1, 0.15) is 0 Å². The first-order valence-corrected chi connectivity index (χ1v) is 4.61. The highest BCUT2D eigenvalue weighted by atomic mass is 32.2. The van der Waals surface area contributed by atoms with E-state index in [4.69, 9.17) is 5.26 Å². The van der Waals surface area contributed by atoms with Crippen LogP contribution in [0.2, 0.25) is 0 Å². The van der Waals surface area contributed by atoms with E-state index >= 15 is 0 Å². The van der Waals surface area contributed by atoms with E-state index in [1.54, 1.807) is 6.07 Å². The summed E-state index contributed by atoms with van der Waals surface area (Å²) in [4.78, 5) is 0. The highest BCUT2D eigenvalue weighted by Gasteiger charge is 2.07. The summed E-state index contributed by atoms with van der Waals surface area (Å²) in [6.45, 7) is -0.0488. The van der Waals surface area contributed by atoms with Crippen molar-refractivity contribution in [2.75, 3.05) is 26.0 Å². The molecule has 0 radical (unpaired) electrons. The van der Waals surface area contributed by atoms with Crippen molar-refractivity contribution in [3.63, 3.8) is 0 Å². The molecule has 0 aromatic heterocycles. The van der Waals surface area contributed by atoms with Crippen LogP contribution in [0.3, 0.4) is 0 Å². The molecule has 0 aliphatic carbocycles. The number of rotatable bonds is 5. The molecule has 6 heteroatoms. The minimum Gasteiger partial charge on any atom is -0.384 e. The van der Waals surface area contributed by atoms with Gasteiger partial charge in [-0.05, 0) is 0 Å². The molecule has 11 heavy (non-hydrogen) atoms. The molecule has 0 bridgehead atoms. The van der Waals surface area contributed by atoms with Gasteiger partial charge >= 0.3 is 0 Å². The van der Waals surface area contributed by atoms with E-state index in [0.717, 1.165) is 0 Å². The Hall–Kier alpha value is -0.640. The van der Waals surface area contributed by atoms with Crippen molar-refractivity contribution in [3.05, 3.63) is 0 Å². The van der Waals surface area contributed by atoms with E-state index in [1.165, 1.54) is 7.11 Å². The van der Waals surface area contributed by atoms with Gasteiger partial charge in [-0.15, -0.1) is 0 Å². The Morgan fingerprint density at radius 3 is 2.73 bits per heavy atom. The Balaban J connectivity index is 3.74. The molecule has 64 valence electrons. The lowest BCUT2D eigenvalue weighted by Gasteiger charge is -2.00. The molecule has 0 amide bonds. The molecule has 0 fully saturated rings. The van der Waals surface area contributed by atoms with Crippen molar-refractivity contribution < 1.29 is 13.2 Å². The zero-order chi connectivity index (χ0) is 8.74. The summed E-state index contributed by atoms with van der Waals surface area (Å²) < 4.78 is 28.2. The Morgan fingerprint density at radius 1 is 1.64 bits per heavy atom. The Morgan fingerprint density at radius 2 is 2.27 bits per heavy atom. The third-order valence-corrected chi connectivity index (χ3v) is 2.22. The highest BCUT2D eigenvalue weighted by molar-refractivity contribution is 7.89. The van der Waals surface area contributed by atoms with Crippen LogP contribution in [0.15, 0.2) is 0 Å². The van der Waals surface area contributed by atoms with E-state index in [0.29, 0.717) is 0 Å². The third kappa shape index (κ3) is 5.79. The molecule has 0 saturated carbocycles. The first-order valence-electron chi connectivity index (χ1n) is 2.95. The van der Waals surface area contributed by atoms with Gasteiger partial charge in [-0.25, -0.2) is 13.1 Å². The van der Waals surface area contributed by atoms with Gasteiger partial charge in [0.25, 0.3) is 0 Å². The Kier molecular flexibility index (Phi) is 4.77. The third-order valence-electron chi connectivity index (χ3n) is 0.927. The monoisotopic (exact) mass is 178 g/mol. The molecule has 0 aromatic carbocycles. The molecule has 0 saturated heterocycles. The van der Waals surface area contributed by atoms with Crippen molar-refractivity contribution in [3.8, 4) is 6.07 Å². The maximum Gasteiger partial charge on any atom is 0.214 e. The fraction of sp³-hybridized carbons (Fsp3) is 0.800. The van der Waals surface area contributed by atoms with Gasteiger partial charge in [0.2, 0.25) is 10.0 Å². The first-order chi connectivity index (χ1) is 5.12. The fourth-order valence-corrected chi connectivity index (χ4v) is 1.22. The maximum atomic E-state index is 10.8. The summed E-state index contributed by atoms with van der Waals surface area (Å²) >= 11 is 0. The van der Waals surface area contributed by atoms with Gasteiger partial charge < -0.3 is 4.74 Å².